The van der Waals surface area contributed by atoms with E-state index in [1.807, 2.05) is 24.3 Å². The molecule has 0 aliphatic heterocycles. The molecule has 2 aromatic rings. The second kappa shape index (κ2) is 10.8. The van der Waals surface area contributed by atoms with Crippen molar-refractivity contribution in [3.63, 3.8) is 0 Å². The van der Waals surface area contributed by atoms with Gasteiger partial charge in [0.15, 0.2) is 5.78 Å². The smallest absolute Gasteiger partial charge is 0.220 e. The second-order valence-corrected chi connectivity index (χ2v) is 6.66. The average molecular weight is 393 g/mol. The van der Waals surface area contributed by atoms with Gasteiger partial charge in [-0.1, -0.05) is 38.1 Å². The van der Waals surface area contributed by atoms with Gasteiger partial charge < -0.3 is 11.1 Å². The van der Waals surface area contributed by atoms with Gasteiger partial charge in [-0.3, -0.25) is 9.59 Å². The number of Topliss-reactive ketones (excluding diaryl/α,β-unsaturated/α-hetero) is 1. The highest BCUT2D eigenvalue weighted by atomic mass is 35.5. The quantitative estimate of drug-likeness (QED) is 0.663. The van der Waals surface area contributed by atoms with Crippen LogP contribution in [0.15, 0.2) is 48.5 Å². The third-order valence-electron chi connectivity index (χ3n) is 4.30. The molecule has 146 valence electrons. The number of rotatable bonds is 8. The van der Waals surface area contributed by atoms with Crippen LogP contribution in [0.3, 0.4) is 0 Å². The normalized spacial score (nSPS) is 11.6. The SMILES string of the molecule is CC(C)c1ccc(C(N)CNC(=O)CCC(=O)c2ccc(F)cc2)cc1.Cl. The van der Waals surface area contributed by atoms with E-state index in [4.69, 9.17) is 5.73 Å². The molecule has 1 atom stereocenters. The summed E-state index contributed by atoms with van der Waals surface area (Å²) in [6.45, 7) is 4.56. The van der Waals surface area contributed by atoms with Crippen molar-refractivity contribution in [2.45, 2.75) is 38.6 Å². The maximum absolute atomic E-state index is 12.9. The van der Waals surface area contributed by atoms with Crippen LogP contribution in [0.2, 0.25) is 0 Å². The van der Waals surface area contributed by atoms with Gasteiger partial charge in [0, 0.05) is 31.0 Å². The fourth-order valence-corrected chi connectivity index (χ4v) is 2.57. The van der Waals surface area contributed by atoms with E-state index < -0.39 is 5.82 Å². The Balaban J connectivity index is 0.00000364. The first-order chi connectivity index (χ1) is 12.4. The van der Waals surface area contributed by atoms with Crippen molar-refractivity contribution in [3.05, 3.63) is 71.0 Å². The second-order valence-electron chi connectivity index (χ2n) is 6.66. The fraction of sp³-hybridized carbons (Fsp3) is 0.333. The standard InChI is InChI=1S/C21H25FN2O2.ClH/c1-14(2)15-3-5-16(6-4-15)19(23)13-24-21(26)12-11-20(25)17-7-9-18(22)10-8-17;/h3-10,14,19H,11-13,23H2,1-2H3,(H,24,26);1H. The molecule has 1 unspecified atom stereocenters. The molecular formula is C21H26ClFN2O2. The number of nitrogens with two attached hydrogens (primary N) is 1. The first kappa shape index (κ1) is 22.8. The summed E-state index contributed by atoms with van der Waals surface area (Å²) >= 11 is 0. The van der Waals surface area contributed by atoms with Crippen molar-refractivity contribution in [2.24, 2.45) is 5.73 Å². The lowest BCUT2D eigenvalue weighted by atomic mass is 9.99. The third-order valence-corrected chi connectivity index (χ3v) is 4.30. The maximum Gasteiger partial charge on any atom is 0.220 e. The van der Waals surface area contributed by atoms with E-state index in [1.54, 1.807) is 0 Å². The van der Waals surface area contributed by atoms with Crippen molar-refractivity contribution in [3.8, 4) is 0 Å². The summed E-state index contributed by atoms with van der Waals surface area (Å²) in [5.41, 5.74) is 8.71. The van der Waals surface area contributed by atoms with Crippen molar-refractivity contribution in [1.29, 1.82) is 0 Å². The molecule has 6 heteroatoms. The molecule has 0 aliphatic rings. The van der Waals surface area contributed by atoms with Crippen LogP contribution in [-0.2, 0) is 4.79 Å². The molecule has 3 N–H and O–H groups in total. The molecule has 4 nitrogen and oxygen atoms in total. The van der Waals surface area contributed by atoms with Crippen molar-refractivity contribution < 1.29 is 14.0 Å². The number of halogens is 2. The number of carbonyl (C=O) groups excluding carboxylic acids is 2. The summed E-state index contributed by atoms with van der Waals surface area (Å²) in [6, 6.07) is 13.1. The number of nitrogens with one attached hydrogen (secondary N) is 1. The van der Waals surface area contributed by atoms with E-state index >= 15 is 0 Å². The predicted molar refractivity (Wildman–Crippen MR) is 108 cm³/mol. The van der Waals surface area contributed by atoms with Crippen LogP contribution in [0.4, 0.5) is 4.39 Å². The van der Waals surface area contributed by atoms with Gasteiger partial charge in [0.2, 0.25) is 5.91 Å². The number of carbonyl (C=O) groups is 2. The lowest BCUT2D eigenvalue weighted by Gasteiger charge is -2.14. The lowest BCUT2D eigenvalue weighted by Crippen LogP contribution is -2.32. The highest BCUT2D eigenvalue weighted by Crippen LogP contribution is 2.17. The molecule has 0 saturated carbocycles. The summed E-state index contributed by atoms with van der Waals surface area (Å²) in [4.78, 5) is 23.9. The third kappa shape index (κ3) is 7.12. The minimum Gasteiger partial charge on any atom is -0.354 e. The Bertz CT molecular complexity index is 746. The number of amides is 1. The van der Waals surface area contributed by atoms with Gasteiger partial charge in [0.05, 0.1) is 0 Å². The van der Waals surface area contributed by atoms with Crippen LogP contribution in [0.1, 0.15) is 60.1 Å². The summed E-state index contributed by atoms with van der Waals surface area (Å²) in [6.07, 6.45) is 0.158. The van der Waals surface area contributed by atoms with Gasteiger partial charge in [-0.2, -0.15) is 0 Å². The Morgan fingerprint density at radius 1 is 0.963 bits per heavy atom. The summed E-state index contributed by atoms with van der Waals surface area (Å²) in [5, 5.41) is 2.76. The van der Waals surface area contributed by atoms with Gasteiger partial charge >= 0.3 is 0 Å². The molecule has 0 aliphatic carbocycles. The minimum atomic E-state index is -0.394. The number of hydrogen-bond acceptors (Lipinski definition) is 3. The lowest BCUT2D eigenvalue weighted by molar-refractivity contribution is -0.121. The van der Waals surface area contributed by atoms with Crippen LogP contribution < -0.4 is 11.1 Å². The molecule has 0 saturated heterocycles. The summed E-state index contributed by atoms with van der Waals surface area (Å²) in [7, 11) is 0. The van der Waals surface area contributed by atoms with Gasteiger partial charge in [0.1, 0.15) is 5.82 Å². The van der Waals surface area contributed by atoms with E-state index in [0.717, 1.165) is 5.56 Å². The summed E-state index contributed by atoms with van der Waals surface area (Å²) in [5.74, 6) is -0.350. The topological polar surface area (TPSA) is 72.2 Å². The molecule has 0 spiro atoms. The van der Waals surface area contributed by atoms with Gasteiger partial charge in [-0.25, -0.2) is 4.39 Å². The number of benzene rings is 2. The van der Waals surface area contributed by atoms with Crippen LogP contribution in [0, 0.1) is 5.82 Å². The Hall–Kier alpha value is -2.24. The zero-order chi connectivity index (χ0) is 19.1. The number of ketones is 1. The van der Waals surface area contributed by atoms with E-state index in [1.165, 1.54) is 29.8 Å². The molecule has 27 heavy (non-hydrogen) atoms. The molecule has 2 aromatic carbocycles. The fourth-order valence-electron chi connectivity index (χ4n) is 2.57. The van der Waals surface area contributed by atoms with Crippen molar-refractivity contribution >= 4 is 24.1 Å². The predicted octanol–water partition coefficient (Wildman–Crippen LogP) is 4.15. The Kier molecular flexibility index (Phi) is 9.12. The highest BCUT2D eigenvalue weighted by molar-refractivity contribution is 5.97. The number of hydrogen-bond donors (Lipinski definition) is 2. The van der Waals surface area contributed by atoms with E-state index in [2.05, 4.69) is 19.2 Å². The molecule has 0 aromatic heterocycles. The zero-order valence-electron chi connectivity index (χ0n) is 15.6. The average Bonchev–Trinajstić information content (AvgIpc) is 2.64. The summed E-state index contributed by atoms with van der Waals surface area (Å²) < 4.78 is 12.9. The molecule has 0 fully saturated rings. The molecular weight excluding hydrogens is 367 g/mol. The van der Waals surface area contributed by atoms with Crippen LogP contribution in [-0.4, -0.2) is 18.2 Å². The van der Waals surface area contributed by atoms with Crippen LogP contribution in [0.25, 0.3) is 0 Å². The van der Waals surface area contributed by atoms with E-state index in [9.17, 15) is 14.0 Å². The first-order valence-electron chi connectivity index (χ1n) is 8.77. The minimum absolute atomic E-state index is 0. The molecule has 1 amide bonds. The molecule has 0 bridgehead atoms. The van der Waals surface area contributed by atoms with Crippen LogP contribution in [0.5, 0.6) is 0 Å². The van der Waals surface area contributed by atoms with Gasteiger partial charge in [-0.15, -0.1) is 12.4 Å². The van der Waals surface area contributed by atoms with Crippen LogP contribution >= 0.6 is 12.4 Å². The largest absolute Gasteiger partial charge is 0.354 e. The maximum atomic E-state index is 12.9. The Labute approximate surface area is 165 Å². The first-order valence-corrected chi connectivity index (χ1v) is 8.77. The molecule has 0 radical (unpaired) electrons. The highest BCUT2D eigenvalue weighted by Gasteiger charge is 2.12. The van der Waals surface area contributed by atoms with Crippen molar-refractivity contribution in [1.82, 2.24) is 5.32 Å². The van der Waals surface area contributed by atoms with Gasteiger partial charge in [0.25, 0.3) is 0 Å². The molecule has 0 heterocycles. The Morgan fingerprint density at radius 2 is 1.52 bits per heavy atom. The van der Waals surface area contributed by atoms with E-state index in [0.29, 0.717) is 18.0 Å². The van der Waals surface area contributed by atoms with Crippen molar-refractivity contribution in [2.75, 3.05) is 6.54 Å². The monoisotopic (exact) mass is 392 g/mol. The van der Waals surface area contributed by atoms with Gasteiger partial charge in [-0.05, 0) is 41.3 Å². The Morgan fingerprint density at radius 3 is 2.07 bits per heavy atom. The van der Waals surface area contributed by atoms with E-state index in [-0.39, 0.29) is 43.0 Å². The zero-order valence-corrected chi connectivity index (χ0v) is 16.4. The molecule has 2 rings (SSSR count).